The molecule has 22 heavy (non-hydrogen) atoms. The molecule has 0 aromatic heterocycles. The number of nitrogens with one attached hydrogen (secondary N) is 1. The molecule has 1 heterocycles. The van der Waals surface area contributed by atoms with Gasteiger partial charge in [-0.25, -0.2) is 0 Å². The van der Waals surface area contributed by atoms with E-state index in [1.54, 1.807) is 0 Å². The van der Waals surface area contributed by atoms with E-state index in [4.69, 9.17) is 17.3 Å². The van der Waals surface area contributed by atoms with Crippen molar-refractivity contribution in [1.29, 1.82) is 0 Å². The molecule has 2 unspecified atom stereocenters. The minimum Gasteiger partial charge on any atom is -0.329 e. The first-order valence-corrected chi connectivity index (χ1v) is 7.89. The number of rotatable bonds is 4. The van der Waals surface area contributed by atoms with Crippen LogP contribution in [0.4, 0.5) is 5.69 Å². The highest BCUT2D eigenvalue weighted by Crippen LogP contribution is 2.24. The first kappa shape index (κ1) is 19.2. The molecule has 6 heteroatoms. The molecular weight excluding hydrogens is 321 g/mol. The minimum atomic E-state index is -0.0340. The van der Waals surface area contributed by atoms with Crippen LogP contribution in [0.3, 0.4) is 0 Å². The third kappa shape index (κ3) is 4.85. The molecule has 1 aromatic carbocycles. The number of carbonyl (C=O) groups excluding carboxylic acids is 1. The average Bonchev–Trinajstić information content (AvgIpc) is 2.42. The molecule has 0 bridgehead atoms. The highest BCUT2D eigenvalue weighted by molar-refractivity contribution is 6.33. The number of nitrogens with two attached hydrogens (primary N) is 1. The van der Waals surface area contributed by atoms with Crippen LogP contribution >= 0.6 is 24.0 Å². The van der Waals surface area contributed by atoms with Gasteiger partial charge in [0.25, 0.3) is 0 Å². The summed E-state index contributed by atoms with van der Waals surface area (Å²) in [5.74, 6) is 0.507. The first-order chi connectivity index (χ1) is 10.0. The molecule has 3 N–H and O–H groups in total. The van der Waals surface area contributed by atoms with Crippen molar-refractivity contribution in [3.05, 3.63) is 28.8 Å². The molecule has 2 rings (SSSR count). The summed E-state index contributed by atoms with van der Waals surface area (Å²) in [6.45, 7) is 6.08. The molecule has 0 radical (unpaired) electrons. The second-order valence-corrected chi connectivity index (χ2v) is 6.33. The van der Waals surface area contributed by atoms with E-state index in [1.165, 1.54) is 6.42 Å². The second kappa shape index (κ2) is 8.73. The number of piperidine rings is 1. The minimum absolute atomic E-state index is 0. The second-order valence-electron chi connectivity index (χ2n) is 5.92. The maximum Gasteiger partial charge on any atom is 0.238 e. The summed E-state index contributed by atoms with van der Waals surface area (Å²) in [6.07, 6.45) is 2.31. The van der Waals surface area contributed by atoms with Crippen molar-refractivity contribution in [2.24, 2.45) is 11.7 Å². The Morgan fingerprint density at radius 1 is 1.50 bits per heavy atom. The predicted octanol–water partition coefficient (Wildman–Crippen LogP) is 3.07. The number of amides is 1. The average molecular weight is 346 g/mol. The van der Waals surface area contributed by atoms with Gasteiger partial charge in [-0.05, 0) is 49.9 Å². The van der Waals surface area contributed by atoms with E-state index in [1.807, 2.05) is 25.1 Å². The van der Waals surface area contributed by atoms with Crippen LogP contribution in [-0.2, 0) is 4.79 Å². The number of halogens is 2. The molecule has 0 spiro atoms. The predicted molar refractivity (Wildman–Crippen MR) is 94.9 cm³/mol. The third-order valence-corrected chi connectivity index (χ3v) is 4.53. The van der Waals surface area contributed by atoms with Crippen molar-refractivity contribution in [1.82, 2.24) is 4.90 Å². The number of anilines is 1. The largest absolute Gasteiger partial charge is 0.329 e. The van der Waals surface area contributed by atoms with Gasteiger partial charge in [0, 0.05) is 12.6 Å². The van der Waals surface area contributed by atoms with Crippen LogP contribution < -0.4 is 11.1 Å². The first-order valence-electron chi connectivity index (χ1n) is 7.51. The van der Waals surface area contributed by atoms with Crippen molar-refractivity contribution in [3.63, 3.8) is 0 Å². The zero-order chi connectivity index (χ0) is 15.4. The summed E-state index contributed by atoms with van der Waals surface area (Å²) >= 11 is 6.15. The lowest BCUT2D eigenvalue weighted by Gasteiger charge is -2.38. The molecule has 1 aliphatic rings. The van der Waals surface area contributed by atoms with Gasteiger partial charge in [0.05, 0.1) is 17.3 Å². The SMILES string of the molecule is Cc1ccc(NC(=O)CN2CCCC(C)C2CN)c(Cl)c1.Cl. The molecule has 1 aliphatic heterocycles. The fourth-order valence-corrected chi connectivity index (χ4v) is 3.29. The lowest BCUT2D eigenvalue weighted by Crippen LogP contribution is -2.51. The van der Waals surface area contributed by atoms with E-state index in [-0.39, 0.29) is 24.4 Å². The maximum atomic E-state index is 12.2. The Labute approximate surface area is 143 Å². The molecule has 2 atom stereocenters. The topological polar surface area (TPSA) is 58.4 Å². The molecule has 124 valence electrons. The zero-order valence-electron chi connectivity index (χ0n) is 13.1. The molecular formula is C16H25Cl2N3O. The van der Waals surface area contributed by atoms with E-state index in [0.717, 1.165) is 18.5 Å². The van der Waals surface area contributed by atoms with Crippen LogP contribution in [0.5, 0.6) is 0 Å². The number of benzene rings is 1. The molecule has 1 fully saturated rings. The van der Waals surface area contributed by atoms with Crippen LogP contribution in [0.1, 0.15) is 25.3 Å². The Morgan fingerprint density at radius 2 is 2.23 bits per heavy atom. The van der Waals surface area contributed by atoms with E-state index < -0.39 is 0 Å². The van der Waals surface area contributed by atoms with E-state index in [9.17, 15) is 4.79 Å². The maximum absolute atomic E-state index is 12.2. The van der Waals surface area contributed by atoms with Gasteiger partial charge in [0.2, 0.25) is 5.91 Å². The summed E-state index contributed by atoms with van der Waals surface area (Å²) < 4.78 is 0. The Kier molecular flexibility index (Phi) is 7.63. The molecule has 1 amide bonds. The van der Waals surface area contributed by atoms with Gasteiger partial charge in [-0.3, -0.25) is 9.69 Å². The summed E-state index contributed by atoms with van der Waals surface area (Å²) in [5.41, 5.74) is 7.60. The number of hydrogen-bond donors (Lipinski definition) is 2. The van der Waals surface area contributed by atoms with Gasteiger partial charge in [0.1, 0.15) is 0 Å². The van der Waals surface area contributed by atoms with Crippen LogP contribution in [0.15, 0.2) is 18.2 Å². The zero-order valence-corrected chi connectivity index (χ0v) is 14.7. The highest BCUT2D eigenvalue weighted by Gasteiger charge is 2.28. The standard InChI is InChI=1S/C16H24ClN3O.ClH/c1-11-5-6-14(13(17)8-11)19-16(21)10-20-7-3-4-12(2)15(20)9-18;/h5-6,8,12,15H,3-4,7,9-10,18H2,1-2H3,(H,19,21);1H. The van der Waals surface area contributed by atoms with Gasteiger partial charge >= 0.3 is 0 Å². The monoisotopic (exact) mass is 345 g/mol. The van der Waals surface area contributed by atoms with Gasteiger partial charge in [-0.15, -0.1) is 12.4 Å². The fourth-order valence-electron chi connectivity index (χ4n) is 3.01. The molecule has 1 aromatic rings. The van der Waals surface area contributed by atoms with Gasteiger partial charge in [-0.1, -0.05) is 24.6 Å². The smallest absolute Gasteiger partial charge is 0.238 e. The Hall–Kier alpha value is -0.810. The van der Waals surface area contributed by atoms with Gasteiger partial charge in [-0.2, -0.15) is 0 Å². The Bertz CT molecular complexity index is 510. The number of hydrogen-bond acceptors (Lipinski definition) is 3. The highest BCUT2D eigenvalue weighted by atomic mass is 35.5. The van der Waals surface area contributed by atoms with Crippen LogP contribution in [0, 0.1) is 12.8 Å². The van der Waals surface area contributed by atoms with Crippen molar-refractivity contribution >= 4 is 35.6 Å². The van der Waals surface area contributed by atoms with E-state index >= 15 is 0 Å². The van der Waals surface area contributed by atoms with Gasteiger partial charge < -0.3 is 11.1 Å². The van der Waals surface area contributed by atoms with Crippen molar-refractivity contribution < 1.29 is 4.79 Å². The van der Waals surface area contributed by atoms with E-state index in [0.29, 0.717) is 29.7 Å². The van der Waals surface area contributed by atoms with Crippen molar-refractivity contribution in [3.8, 4) is 0 Å². The summed E-state index contributed by atoms with van der Waals surface area (Å²) in [6, 6.07) is 5.92. The Balaban J connectivity index is 0.00000242. The molecule has 0 saturated carbocycles. The number of nitrogens with zero attached hydrogens (tertiary/aromatic N) is 1. The Morgan fingerprint density at radius 3 is 2.86 bits per heavy atom. The van der Waals surface area contributed by atoms with Gasteiger partial charge in [0.15, 0.2) is 0 Å². The summed E-state index contributed by atoms with van der Waals surface area (Å²) in [5, 5.41) is 3.47. The van der Waals surface area contributed by atoms with Crippen LogP contribution in [0.2, 0.25) is 5.02 Å². The number of aryl methyl sites for hydroxylation is 1. The molecule has 4 nitrogen and oxygen atoms in total. The lowest BCUT2D eigenvalue weighted by molar-refractivity contribution is -0.118. The summed E-state index contributed by atoms with van der Waals surface area (Å²) in [4.78, 5) is 14.4. The normalized spacial score (nSPS) is 22.0. The quantitative estimate of drug-likeness (QED) is 0.881. The van der Waals surface area contributed by atoms with Crippen molar-refractivity contribution in [2.75, 3.05) is 25.0 Å². The molecule has 1 saturated heterocycles. The van der Waals surface area contributed by atoms with Crippen LogP contribution in [0.25, 0.3) is 0 Å². The fraction of sp³-hybridized carbons (Fsp3) is 0.562. The lowest BCUT2D eigenvalue weighted by atomic mass is 9.91. The van der Waals surface area contributed by atoms with Crippen LogP contribution in [-0.4, -0.2) is 36.5 Å². The summed E-state index contributed by atoms with van der Waals surface area (Å²) in [7, 11) is 0. The number of likely N-dealkylation sites (tertiary alicyclic amines) is 1. The van der Waals surface area contributed by atoms with E-state index in [2.05, 4.69) is 17.1 Å². The number of carbonyl (C=O) groups is 1. The third-order valence-electron chi connectivity index (χ3n) is 4.22. The van der Waals surface area contributed by atoms with Crippen molar-refractivity contribution in [2.45, 2.75) is 32.7 Å². The molecule has 0 aliphatic carbocycles.